The quantitative estimate of drug-likeness (QED) is 0.797. The molecule has 0 radical (unpaired) electrons. The van der Waals surface area contributed by atoms with Crippen LogP contribution in [-0.4, -0.2) is 38.1 Å². The minimum atomic E-state index is -0.811. The number of hydrogen-bond donors (Lipinski definition) is 1. The van der Waals surface area contributed by atoms with Crippen molar-refractivity contribution < 1.29 is 23.0 Å². The van der Waals surface area contributed by atoms with Gasteiger partial charge in [0.25, 0.3) is 0 Å². The minimum absolute atomic E-state index is 0.440. The molecular formula is C20H24F2N2O3. The zero-order valence-corrected chi connectivity index (χ0v) is 16.1. The molecule has 0 saturated carbocycles. The van der Waals surface area contributed by atoms with E-state index in [2.05, 4.69) is 5.32 Å². The maximum Gasteiger partial charge on any atom is 0.241 e. The lowest BCUT2D eigenvalue weighted by atomic mass is 10.1. The zero-order valence-electron chi connectivity index (χ0n) is 16.1. The van der Waals surface area contributed by atoms with Gasteiger partial charge in [-0.3, -0.25) is 9.69 Å². The minimum Gasteiger partial charge on any atom is -0.493 e. The number of anilines is 1. The van der Waals surface area contributed by atoms with Gasteiger partial charge < -0.3 is 14.8 Å². The first-order valence-corrected chi connectivity index (χ1v) is 8.45. The summed E-state index contributed by atoms with van der Waals surface area (Å²) in [5.41, 5.74) is 1.49. The van der Waals surface area contributed by atoms with Crippen LogP contribution in [0.15, 0.2) is 30.3 Å². The summed E-state index contributed by atoms with van der Waals surface area (Å²) in [6.45, 7) is 4.05. The molecule has 0 aliphatic carbocycles. The molecule has 2 rings (SSSR count). The average molecular weight is 378 g/mol. The van der Waals surface area contributed by atoms with Gasteiger partial charge in [-0.2, -0.15) is 0 Å². The Balaban J connectivity index is 2.13. The number of rotatable bonds is 7. The number of halogens is 2. The Labute approximate surface area is 157 Å². The van der Waals surface area contributed by atoms with E-state index in [4.69, 9.17) is 9.47 Å². The Kier molecular flexibility index (Phi) is 6.74. The van der Waals surface area contributed by atoms with Crippen LogP contribution in [0.4, 0.5) is 14.5 Å². The zero-order chi connectivity index (χ0) is 20.1. The summed E-state index contributed by atoms with van der Waals surface area (Å²) >= 11 is 0. The van der Waals surface area contributed by atoms with Crippen molar-refractivity contribution in [3.05, 3.63) is 53.1 Å². The Hall–Kier alpha value is -2.67. The van der Waals surface area contributed by atoms with E-state index in [0.29, 0.717) is 18.0 Å². The van der Waals surface area contributed by atoms with Gasteiger partial charge in [-0.05, 0) is 56.3 Å². The number of nitrogens with one attached hydrogen (secondary N) is 1. The van der Waals surface area contributed by atoms with E-state index < -0.39 is 29.3 Å². The molecule has 0 aliphatic heterocycles. The van der Waals surface area contributed by atoms with Crippen molar-refractivity contribution in [1.29, 1.82) is 0 Å². The van der Waals surface area contributed by atoms with Crippen LogP contribution in [-0.2, 0) is 11.3 Å². The second-order valence-electron chi connectivity index (χ2n) is 6.31. The van der Waals surface area contributed by atoms with Crippen molar-refractivity contribution in [2.24, 2.45) is 0 Å². The highest BCUT2D eigenvalue weighted by molar-refractivity contribution is 5.94. The average Bonchev–Trinajstić information content (AvgIpc) is 2.65. The number of carbonyl (C=O) groups is 1. The molecule has 2 aromatic carbocycles. The maximum atomic E-state index is 13.7. The number of likely N-dealkylation sites (N-methyl/N-ethyl adjacent to an activating group) is 1. The fourth-order valence-corrected chi connectivity index (χ4v) is 2.64. The first kappa shape index (κ1) is 20.6. The predicted molar refractivity (Wildman–Crippen MR) is 100 cm³/mol. The van der Waals surface area contributed by atoms with Gasteiger partial charge in [0.05, 0.1) is 20.3 Å². The second kappa shape index (κ2) is 8.81. The van der Waals surface area contributed by atoms with Gasteiger partial charge >= 0.3 is 0 Å². The van der Waals surface area contributed by atoms with Crippen LogP contribution in [0, 0.1) is 18.6 Å². The smallest absolute Gasteiger partial charge is 0.241 e. The molecule has 0 fully saturated rings. The molecule has 0 spiro atoms. The molecule has 0 saturated heterocycles. The van der Waals surface area contributed by atoms with Crippen LogP contribution in [0.3, 0.4) is 0 Å². The van der Waals surface area contributed by atoms with Gasteiger partial charge in [0, 0.05) is 6.54 Å². The fourth-order valence-electron chi connectivity index (χ4n) is 2.64. The third-order valence-electron chi connectivity index (χ3n) is 4.51. The van der Waals surface area contributed by atoms with E-state index >= 15 is 0 Å². The number of carbonyl (C=O) groups excluding carboxylic acids is 1. The summed E-state index contributed by atoms with van der Waals surface area (Å²) in [6, 6.07) is 6.54. The molecule has 0 aromatic heterocycles. The molecule has 7 heteroatoms. The van der Waals surface area contributed by atoms with Gasteiger partial charge in [0.15, 0.2) is 11.5 Å². The van der Waals surface area contributed by atoms with Crippen LogP contribution in [0.1, 0.15) is 18.1 Å². The number of methoxy groups -OCH3 is 2. The third kappa shape index (κ3) is 4.74. The summed E-state index contributed by atoms with van der Waals surface area (Å²) in [7, 11) is 4.88. The summed E-state index contributed by atoms with van der Waals surface area (Å²) in [5, 5.41) is 2.33. The van der Waals surface area contributed by atoms with Crippen LogP contribution < -0.4 is 14.8 Å². The summed E-state index contributed by atoms with van der Waals surface area (Å²) in [6.07, 6.45) is 0. The van der Waals surface area contributed by atoms with Gasteiger partial charge in [0.2, 0.25) is 5.91 Å². The Morgan fingerprint density at radius 2 is 1.70 bits per heavy atom. The van der Waals surface area contributed by atoms with Gasteiger partial charge in [-0.1, -0.05) is 6.07 Å². The largest absolute Gasteiger partial charge is 0.493 e. The number of benzene rings is 2. The van der Waals surface area contributed by atoms with Gasteiger partial charge in [-0.15, -0.1) is 0 Å². The number of hydrogen-bond acceptors (Lipinski definition) is 4. The highest BCUT2D eigenvalue weighted by Crippen LogP contribution is 2.31. The van der Waals surface area contributed by atoms with E-state index in [1.807, 2.05) is 19.1 Å². The number of aryl methyl sites for hydroxylation is 1. The number of para-hydroxylation sites is 1. The normalized spacial score (nSPS) is 12.0. The first-order valence-electron chi connectivity index (χ1n) is 8.45. The highest BCUT2D eigenvalue weighted by atomic mass is 19.1. The summed E-state index contributed by atoms with van der Waals surface area (Å²) in [5.74, 6) is -0.901. The third-order valence-corrected chi connectivity index (χ3v) is 4.51. The van der Waals surface area contributed by atoms with Crippen molar-refractivity contribution in [2.75, 3.05) is 26.6 Å². The molecule has 146 valence electrons. The molecule has 1 amide bonds. The van der Waals surface area contributed by atoms with Crippen LogP contribution in [0.5, 0.6) is 11.5 Å². The Bertz CT molecular complexity index is 807. The van der Waals surface area contributed by atoms with Crippen molar-refractivity contribution in [3.8, 4) is 11.5 Å². The molecular weight excluding hydrogens is 354 g/mol. The Morgan fingerprint density at radius 1 is 1.15 bits per heavy atom. The fraction of sp³-hybridized carbons (Fsp3) is 0.350. The van der Waals surface area contributed by atoms with Crippen LogP contribution in [0.2, 0.25) is 0 Å². The lowest BCUT2D eigenvalue weighted by molar-refractivity contribution is -0.120. The number of nitrogens with zero attached hydrogens (tertiary/aromatic N) is 1. The highest BCUT2D eigenvalue weighted by Gasteiger charge is 2.22. The molecule has 2 aromatic rings. The Morgan fingerprint density at radius 3 is 2.26 bits per heavy atom. The van der Waals surface area contributed by atoms with E-state index in [9.17, 15) is 13.6 Å². The van der Waals surface area contributed by atoms with Crippen molar-refractivity contribution in [1.82, 2.24) is 4.90 Å². The van der Waals surface area contributed by atoms with Gasteiger partial charge in [0.1, 0.15) is 17.3 Å². The molecule has 0 aliphatic rings. The lowest BCUT2D eigenvalue weighted by Gasteiger charge is -2.25. The molecule has 0 heterocycles. The van der Waals surface area contributed by atoms with E-state index in [1.165, 1.54) is 6.07 Å². The van der Waals surface area contributed by atoms with Crippen LogP contribution >= 0.6 is 0 Å². The SMILES string of the molecule is COc1cc(C)c(CN(C)[C@@H](C)C(=O)Nc2c(F)cccc2F)cc1OC. The standard InChI is InChI=1S/C20H24F2N2O3/c1-12-9-17(26-4)18(27-5)10-14(12)11-24(3)13(2)20(25)23-19-15(21)7-6-8-16(19)22/h6-10,13H,11H2,1-5H3,(H,23,25)/t13-/m0/s1. The van der Waals surface area contributed by atoms with E-state index in [-0.39, 0.29) is 0 Å². The van der Waals surface area contributed by atoms with Crippen molar-refractivity contribution in [3.63, 3.8) is 0 Å². The predicted octanol–water partition coefficient (Wildman–Crippen LogP) is 3.75. The maximum absolute atomic E-state index is 13.7. The first-order chi connectivity index (χ1) is 12.8. The lowest BCUT2D eigenvalue weighted by Crippen LogP contribution is -2.39. The molecule has 0 unspecified atom stereocenters. The molecule has 0 bridgehead atoms. The summed E-state index contributed by atoms with van der Waals surface area (Å²) < 4.78 is 38.1. The second-order valence-corrected chi connectivity index (χ2v) is 6.31. The van der Waals surface area contributed by atoms with Crippen LogP contribution in [0.25, 0.3) is 0 Å². The summed E-state index contributed by atoms with van der Waals surface area (Å²) in [4.78, 5) is 14.2. The monoisotopic (exact) mass is 378 g/mol. The topological polar surface area (TPSA) is 50.8 Å². The molecule has 1 atom stereocenters. The number of ether oxygens (including phenoxy) is 2. The molecule has 1 N–H and O–H groups in total. The molecule has 27 heavy (non-hydrogen) atoms. The van der Waals surface area contributed by atoms with E-state index in [0.717, 1.165) is 23.3 Å². The van der Waals surface area contributed by atoms with Gasteiger partial charge in [-0.25, -0.2) is 8.78 Å². The van der Waals surface area contributed by atoms with E-state index in [1.54, 1.807) is 33.1 Å². The van der Waals surface area contributed by atoms with Crippen molar-refractivity contribution >= 4 is 11.6 Å². The number of amides is 1. The van der Waals surface area contributed by atoms with Crippen molar-refractivity contribution in [2.45, 2.75) is 26.4 Å². The molecule has 5 nitrogen and oxygen atoms in total.